The van der Waals surface area contributed by atoms with Gasteiger partial charge in [-0.15, -0.1) is 0 Å². The van der Waals surface area contributed by atoms with Crippen molar-refractivity contribution in [2.75, 3.05) is 6.61 Å². The molecule has 1 heterocycles. The number of ether oxygens (including phenoxy) is 1. The van der Waals surface area contributed by atoms with E-state index in [1.54, 1.807) is 6.07 Å². The fourth-order valence-corrected chi connectivity index (χ4v) is 2.65. The lowest BCUT2D eigenvalue weighted by Crippen LogP contribution is -2.57. The fourth-order valence-electron chi connectivity index (χ4n) is 2.65. The van der Waals surface area contributed by atoms with Gasteiger partial charge >= 0.3 is 6.18 Å². The van der Waals surface area contributed by atoms with Gasteiger partial charge in [0.15, 0.2) is 6.61 Å². The van der Waals surface area contributed by atoms with Crippen molar-refractivity contribution in [3.8, 4) is 5.75 Å². The molecule has 0 fully saturated rings. The Kier molecular flexibility index (Phi) is 5.13. The number of hydrazone groups is 1. The third-order valence-corrected chi connectivity index (χ3v) is 3.96. The van der Waals surface area contributed by atoms with E-state index in [0.29, 0.717) is 5.75 Å². The van der Waals surface area contributed by atoms with Crippen LogP contribution in [0.3, 0.4) is 0 Å². The Morgan fingerprint density at radius 3 is 2.60 bits per heavy atom. The monoisotopic (exact) mass is 358 g/mol. The van der Waals surface area contributed by atoms with E-state index < -0.39 is 30.8 Å². The average Bonchev–Trinajstić information content (AvgIpc) is 2.80. The van der Waals surface area contributed by atoms with Crippen molar-refractivity contribution >= 4 is 11.6 Å². The van der Waals surface area contributed by atoms with E-state index in [-0.39, 0.29) is 16.6 Å². The predicted octanol–water partition coefficient (Wildman–Crippen LogP) is 3.36. The van der Waals surface area contributed by atoms with Gasteiger partial charge < -0.3 is 9.84 Å². The highest BCUT2D eigenvalue weighted by Crippen LogP contribution is 2.40. The minimum atomic E-state index is -5.02. The zero-order valence-electron chi connectivity index (χ0n) is 14.5. The highest BCUT2D eigenvalue weighted by Gasteiger charge is 2.62. The Morgan fingerprint density at radius 1 is 1.40 bits per heavy atom. The molecule has 5 nitrogen and oxygen atoms in total. The molecule has 0 radical (unpaired) electrons. The van der Waals surface area contributed by atoms with Crippen LogP contribution in [0.15, 0.2) is 23.3 Å². The number of halogens is 3. The molecule has 1 aliphatic rings. The van der Waals surface area contributed by atoms with Crippen LogP contribution in [0.4, 0.5) is 13.2 Å². The van der Waals surface area contributed by atoms with Crippen LogP contribution in [0.1, 0.15) is 44.2 Å². The van der Waals surface area contributed by atoms with Crippen molar-refractivity contribution in [1.82, 2.24) is 5.01 Å². The first kappa shape index (κ1) is 19.2. The van der Waals surface area contributed by atoms with Crippen LogP contribution in [0.2, 0.25) is 0 Å². The highest BCUT2D eigenvalue weighted by molar-refractivity contribution is 5.89. The van der Waals surface area contributed by atoms with Crippen molar-refractivity contribution in [1.29, 1.82) is 0 Å². The van der Waals surface area contributed by atoms with Crippen molar-refractivity contribution in [2.24, 2.45) is 5.10 Å². The molecule has 0 aliphatic carbocycles. The van der Waals surface area contributed by atoms with Crippen LogP contribution in [0.5, 0.6) is 5.75 Å². The van der Waals surface area contributed by atoms with E-state index >= 15 is 0 Å². The maximum absolute atomic E-state index is 13.2. The highest BCUT2D eigenvalue weighted by atomic mass is 19.4. The number of amides is 1. The van der Waals surface area contributed by atoms with Crippen LogP contribution in [0, 0.1) is 6.92 Å². The molecule has 138 valence electrons. The Labute approximate surface area is 144 Å². The summed E-state index contributed by atoms with van der Waals surface area (Å²) in [6, 6.07) is 5.46. The molecule has 0 bridgehead atoms. The Bertz CT molecular complexity index is 701. The van der Waals surface area contributed by atoms with E-state index in [9.17, 15) is 23.1 Å². The van der Waals surface area contributed by atoms with Crippen LogP contribution in [0.25, 0.3) is 0 Å². The summed E-state index contributed by atoms with van der Waals surface area (Å²) in [5.74, 6) is -0.517. The predicted molar refractivity (Wildman–Crippen MR) is 86.3 cm³/mol. The van der Waals surface area contributed by atoms with Gasteiger partial charge in [0.1, 0.15) is 5.75 Å². The van der Waals surface area contributed by atoms with Gasteiger partial charge in [-0.05, 0) is 37.0 Å². The van der Waals surface area contributed by atoms with E-state index in [0.717, 1.165) is 11.1 Å². The lowest BCUT2D eigenvalue weighted by molar-refractivity contribution is -0.302. The number of hydrogen-bond acceptors (Lipinski definition) is 4. The van der Waals surface area contributed by atoms with Gasteiger partial charge in [-0.1, -0.05) is 26.0 Å². The molecule has 1 N–H and O–H groups in total. The van der Waals surface area contributed by atoms with Gasteiger partial charge in [0.2, 0.25) is 0 Å². The van der Waals surface area contributed by atoms with Gasteiger partial charge in [-0.3, -0.25) is 4.79 Å². The molecule has 25 heavy (non-hydrogen) atoms. The smallest absolute Gasteiger partial charge is 0.438 e. The number of carbonyl (C=O) groups excluding carboxylic acids is 1. The first-order valence-electron chi connectivity index (χ1n) is 7.85. The maximum Gasteiger partial charge on any atom is 0.438 e. The number of carbonyl (C=O) groups is 1. The summed E-state index contributed by atoms with van der Waals surface area (Å²) in [4.78, 5) is 12.2. The molecule has 8 heteroatoms. The summed E-state index contributed by atoms with van der Waals surface area (Å²) in [5, 5.41) is 13.5. The van der Waals surface area contributed by atoms with Crippen LogP contribution in [-0.2, 0) is 4.79 Å². The lowest BCUT2D eigenvalue weighted by atomic mass is 10.0. The van der Waals surface area contributed by atoms with E-state index in [1.807, 2.05) is 32.9 Å². The second-order valence-electron chi connectivity index (χ2n) is 6.52. The van der Waals surface area contributed by atoms with Crippen LogP contribution in [-0.4, -0.2) is 40.2 Å². The maximum atomic E-state index is 13.2. The molecule has 1 aliphatic heterocycles. The van der Waals surface area contributed by atoms with E-state index in [1.165, 1.54) is 6.92 Å². The van der Waals surface area contributed by atoms with Crippen molar-refractivity contribution in [2.45, 2.75) is 51.9 Å². The molecule has 0 saturated carbocycles. The lowest BCUT2D eigenvalue weighted by Gasteiger charge is -2.32. The number of aliphatic hydroxyl groups is 1. The standard InChI is InChI=1S/C17H21F3N2O3/c1-10(2)13-6-5-11(3)7-14(13)25-9-15(23)22-16(24,17(18,19)20)8-12(4)21-22/h5-7,10,24H,8-9H2,1-4H3/t16-/m0/s1. The summed E-state index contributed by atoms with van der Waals surface area (Å²) in [6.45, 7) is 6.39. The molecule has 0 aromatic heterocycles. The van der Waals surface area contributed by atoms with E-state index in [2.05, 4.69) is 5.10 Å². The molecular weight excluding hydrogens is 337 g/mol. The normalized spacial score (nSPS) is 20.8. The van der Waals surface area contributed by atoms with Crippen molar-refractivity contribution in [3.63, 3.8) is 0 Å². The third kappa shape index (κ3) is 3.78. The Balaban J connectivity index is 2.19. The zero-order valence-corrected chi connectivity index (χ0v) is 14.5. The van der Waals surface area contributed by atoms with Crippen molar-refractivity contribution in [3.05, 3.63) is 29.3 Å². The minimum Gasteiger partial charge on any atom is -0.483 e. The molecule has 1 atom stereocenters. The zero-order chi connectivity index (χ0) is 19.0. The average molecular weight is 358 g/mol. The number of nitrogens with zero attached hydrogens (tertiary/aromatic N) is 2. The quantitative estimate of drug-likeness (QED) is 0.898. The first-order chi connectivity index (χ1) is 11.5. The fraction of sp³-hybridized carbons (Fsp3) is 0.529. The van der Waals surface area contributed by atoms with Gasteiger partial charge in [0.25, 0.3) is 11.6 Å². The Hall–Kier alpha value is -2.09. The topological polar surface area (TPSA) is 62.1 Å². The molecule has 2 rings (SSSR count). The molecule has 0 spiro atoms. The van der Waals surface area contributed by atoms with Gasteiger partial charge in [0, 0.05) is 12.1 Å². The van der Waals surface area contributed by atoms with Crippen molar-refractivity contribution < 1.29 is 27.8 Å². The molecule has 0 saturated heterocycles. The summed E-state index contributed by atoms with van der Waals surface area (Å²) < 4.78 is 44.9. The molecule has 0 unspecified atom stereocenters. The number of hydrogen-bond donors (Lipinski definition) is 1. The second-order valence-corrected chi connectivity index (χ2v) is 6.52. The molecule has 1 aromatic rings. The summed E-state index contributed by atoms with van der Waals surface area (Å²) >= 11 is 0. The van der Waals surface area contributed by atoms with Gasteiger partial charge in [-0.25, -0.2) is 0 Å². The number of benzene rings is 1. The number of rotatable bonds is 4. The summed E-state index contributed by atoms with van der Waals surface area (Å²) in [5.41, 5.74) is -1.57. The van der Waals surface area contributed by atoms with Gasteiger partial charge in [0.05, 0.1) is 0 Å². The third-order valence-electron chi connectivity index (χ3n) is 3.96. The molecular formula is C17H21F3N2O3. The largest absolute Gasteiger partial charge is 0.483 e. The number of alkyl halides is 3. The second kappa shape index (κ2) is 6.67. The Morgan fingerprint density at radius 2 is 2.04 bits per heavy atom. The van der Waals surface area contributed by atoms with Gasteiger partial charge in [-0.2, -0.15) is 23.3 Å². The SMILES string of the molecule is CC1=NN(C(=O)COc2cc(C)ccc2C(C)C)[C@@](O)(C(F)(F)F)C1. The molecule has 1 aromatic carbocycles. The summed E-state index contributed by atoms with van der Waals surface area (Å²) in [7, 11) is 0. The number of aryl methyl sites for hydroxylation is 1. The van der Waals surface area contributed by atoms with Crippen LogP contribution >= 0.6 is 0 Å². The first-order valence-corrected chi connectivity index (χ1v) is 7.85. The minimum absolute atomic E-state index is 0.0200. The van der Waals surface area contributed by atoms with E-state index in [4.69, 9.17) is 4.74 Å². The van der Waals surface area contributed by atoms with Crippen LogP contribution < -0.4 is 4.74 Å². The summed E-state index contributed by atoms with van der Waals surface area (Å²) in [6.07, 6.45) is -5.79. The molecule has 1 amide bonds.